The van der Waals surface area contributed by atoms with Crippen LogP contribution in [-0.4, -0.2) is 32.5 Å². The lowest BCUT2D eigenvalue weighted by Crippen LogP contribution is -2.27. The Morgan fingerprint density at radius 2 is 1.81 bits per heavy atom. The number of unbranched alkanes of at least 4 members (excludes halogenated alkanes) is 1. The van der Waals surface area contributed by atoms with Gasteiger partial charge in [0.25, 0.3) is 5.91 Å². The Hall–Kier alpha value is -2.90. The molecule has 4 rings (SSSR count). The molecule has 8 heteroatoms. The van der Waals surface area contributed by atoms with Crippen molar-refractivity contribution < 1.29 is 18.0 Å². The molecule has 0 radical (unpaired) electrons. The lowest BCUT2D eigenvalue weighted by Gasteiger charge is -2.17. The number of carbonyl (C=O) groups is 2. The van der Waals surface area contributed by atoms with Gasteiger partial charge in [0.1, 0.15) is 0 Å². The number of anilines is 2. The van der Waals surface area contributed by atoms with Crippen molar-refractivity contribution in [2.75, 3.05) is 22.5 Å². The molecule has 2 amide bonds. The second-order valence-corrected chi connectivity index (χ2v) is 10.3. The summed E-state index contributed by atoms with van der Waals surface area (Å²) in [5.74, 6) is -0.752. The van der Waals surface area contributed by atoms with Crippen LogP contribution in [0.25, 0.3) is 10.8 Å². The summed E-state index contributed by atoms with van der Waals surface area (Å²) >= 11 is 5.81. The second-order valence-electron chi connectivity index (χ2n) is 7.74. The molecule has 0 saturated carbocycles. The highest BCUT2D eigenvalue weighted by Crippen LogP contribution is 2.40. The predicted octanol–water partition coefficient (Wildman–Crippen LogP) is 5.06. The molecule has 3 aromatic carbocycles. The lowest BCUT2D eigenvalue weighted by atomic mass is 10.0. The van der Waals surface area contributed by atoms with E-state index < -0.39 is 15.7 Å². The number of hydrogen-bond acceptors (Lipinski definition) is 4. The van der Waals surface area contributed by atoms with Crippen LogP contribution >= 0.6 is 11.6 Å². The van der Waals surface area contributed by atoms with Crippen LogP contribution in [0, 0.1) is 0 Å². The van der Waals surface area contributed by atoms with Crippen LogP contribution in [0.1, 0.15) is 36.5 Å². The number of nitrogens with one attached hydrogen (secondary N) is 1. The van der Waals surface area contributed by atoms with Crippen LogP contribution in [0.2, 0.25) is 5.02 Å². The van der Waals surface area contributed by atoms with E-state index in [1.807, 2.05) is 12.1 Å². The van der Waals surface area contributed by atoms with Gasteiger partial charge in [-0.05, 0) is 48.9 Å². The van der Waals surface area contributed by atoms with E-state index in [9.17, 15) is 18.0 Å². The number of halogens is 1. The van der Waals surface area contributed by atoms with Gasteiger partial charge >= 0.3 is 0 Å². The summed E-state index contributed by atoms with van der Waals surface area (Å²) in [7, 11) is -3.60. The van der Waals surface area contributed by atoms with Gasteiger partial charge in [-0.15, -0.1) is 0 Å². The van der Waals surface area contributed by atoms with E-state index in [1.54, 1.807) is 23.1 Å². The van der Waals surface area contributed by atoms with Gasteiger partial charge in [0, 0.05) is 40.0 Å². The van der Waals surface area contributed by atoms with E-state index in [1.165, 1.54) is 24.3 Å². The van der Waals surface area contributed by atoms with Crippen LogP contribution in [0.4, 0.5) is 11.4 Å². The molecule has 0 spiro atoms. The molecule has 166 valence electrons. The van der Waals surface area contributed by atoms with Crippen molar-refractivity contribution in [3.05, 3.63) is 65.2 Å². The predicted molar refractivity (Wildman–Crippen MR) is 127 cm³/mol. The minimum absolute atomic E-state index is 0.0309. The third kappa shape index (κ3) is 4.23. The van der Waals surface area contributed by atoms with E-state index in [0.29, 0.717) is 22.8 Å². The average Bonchev–Trinajstić information content (AvgIpc) is 3.05. The number of benzene rings is 3. The molecule has 1 N–H and O–H groups in total. The van der Waals surface area contributed by atoms with Crippen LogP contribution in [-0.2, 0) is 14.6 Å². The Morgan fingerprint density at radius 3 is 2.53 bits per heavy atom. The molecule has 0 saturated heterocycles. The smallest absolute Gasteiger partial charge is 0.258 e. The molecule has 3 aromatic rings. The number of carbonyl (C=O) groups excluding carboxylic acids is 2. The molecular formula is C24H23ClN2O4S. The molecule has 1 heterocycles. The highest BCUT2D eigenvalue weighted by molar-refractivity contribution is 7.91. The third-order valence-electron chi connectivity index (χ3n) is 5.56. The molecule has 1 aliphatic heterocycles. The highest BCUT2D eigenvalue weighted by Gasteiger charge is 2.30. The van der Waals surface area contributed by atoms with E-state index in [-0.39, 0.29) is 23.0 Å². The van der Waals surface area contributed by atoms with E-state index >= 15 is 0 Å². The number of sulfone groups is 1. The molecule has 0 bridgehead atoms. The fourth-order valence-electron chi connectivity index (χ4n) is 3.89. The second kappa shape index (κ2) is 8.92. The highest BCUT2D eigenvalue weighted by atomic mass is 35.5. The van der Waals surface area contributed by atoms with E-state index in [0.717, 1.165) is 29.3 Å². The summed E-state index contributed by atoms with van der Waals surface area (Å²) < 4.78 is 25.0. The van der Waals surface area contributed by atoms with Gasteiger partial charge in [-0.3, -0.25) is 9.59 Å². The fourth-order valence-corrected chi connectivity index (χ4v) is 5.26. The number of hydrogen-bond donors (Lipinski definition) is 1. The van der Waals surface area contributed by atoms with Gasteiger partial charge in [0.15, 0.2) is 9.84 Å². The summed E-state index contributed by atoms with van der Waals surface area (Å²) in [6, 6.07) is 14.9. The minimum atomic E-state index is -3.60. The molecule has 0 aliphatic carbocycles. The summed E-state index contributed by atoms with van der Waals surface area (Å²) in [6.45, 7) is 2.72. The topological polar surface area (TPSA) is 83.6 Å². The quantitative estimate of drug-likeness (QED) is 0.499. The maximum atomic E-state index is 12.8. The monoisotopic (exact) mass is 470 g/mol. The van der Waals surface area contributed by atoms with Crippen LogP contribution < -0.4 is 10.2 Å². The molecule has 0 atom stereocenters. The molecule has 0 aromatic heterocycles. The number of nitrogens with zero attached hydrogens (tertiary/aromatic N) is 1. The first-order valence-corrected chi connectivity index (χ1v) is 12.5. The molecule has 0 unspecified atom stereocenters. The first kappa shape index (κ1) is 22.3. The summed E-state index contributed by atoms with van der Waals surface area (Å²) in [5, 5.41) is 4.85. The zero-order valence-electron chi connectivity index (χ0n) is 17.6. The Balaban J connectivity index is 1.53. The SMILES string of the molecule is CCCCN1C(=O)c2cccc3c(NC(=O)CCS(=O)(=O)c4ccc(Cl)cc4)ccc1c23. The average molecular weight is 471 g/mol. The van der Waals surface area contributed by atoms with Gasteiger partial charge in [-0.2, -0.15) is 0 Å². The summed E-state index contributed by atoms with van der Waals surface area (Å²) in [6.07, 6.45) is 1.70. The van der Waals surface area contributed by atoms with Crippen molar-refractivity contribution >= 4 is 55.4 Å². The Kier molecular flexibility index (Phi) is 6.22. The normalized spacial score (nSPS) is 13.1. The molecule has 0 fully saturated rings. The largest absolute Gasteiger partial charge is 0.325 e. The van der Waals surface area contributed by atoms with Crippen molar-refractivity contribution in [2.45, 2.75) is 31.1 Å². The standard InChI is InChI=1S/C24H23ClN2O4S/c1-2-3-14-27-21-12-11-20(18-5-4-6-19(23(18)21)24(27)29)26-22(28)13-15-32(30,31)17-9-7-16(25)8-10-17/h4-12H,2-3,13-15H2,1H3,(H,26,28). The Bertz CT molecular complexity index is 1300. The van der Waals surface area contributed by atoms with Gasteiger partial charge < -0.3 is 10.2 Å². The lowest BCUT2D eigenvalue weighted by molar-refractivity contribution is -0.115. The number of amides is 2. The fraction of sp³-hybridized carbons (Fsp3) is 0.250. The van der Waals surface area contributed by atoms with Gasteiger partial charge in [-0.25, -0.2) is 8.42 Å². The summed E-state index contributed by atoms with van der Waals surface area (Å²) in [4.78, 5) is 27.3. The van der Waals surface area contributed by atoms with Crippen LogP contribution in [0.15, 0.2) is 59.5 Å². The van der Waals surface area contributed by atoms with Gasteiger partial charge in [-0.1, -0.05) is 37.1 Å². The maximum absolute atomic E-state index is 12.8. The maximum Gasteiger partial charge on any atom is 0.258 e. The molecule has 32 heavy (non-hydrogen) atoms. The van der Waals surface area contributed by atoms with Crippen LogP contribution in [0.5, 0.6) is 0 Å². The van der Waals surface area contributed by atoms with Crippen molar-refractivity contribution in [1.82, 2.24) is 0 Å². The van der Waals surface area contributed by atoms with Gasteiger partial charge in [0.05, 0.1) is 16.3 Å². The third-order valence-corrected chi connectivity index (χ3v) is 7.55. The summed E-state index contributed by atoms with van der Waals surface area (Å²) in [5.41, 5.74) is 2.03. The van der Waals surface area contributed by atoms with Crippen LogP contribution in [0.3, 0.4) is 0 Å². The zero-order chi connectivity index (χ0) is 22.9. The van der Waals surface area contributed by atoms with Crippen molar-refractivity contribution in [1.29, 1.82) is 0 Å². The van der Waals surface area contributed by atoms with E-state index in [2.05, 4.69) is 12.2 Å². The first-order valence-electron chi connectivity index (χ1n) is 10.5. The van der Waals surface area contributed by atoms with Crippen molar-refractivity contribution in [2.24, 2.45) is 0 Å². The first-order chi connectivity index (χ1) is 15.3. The van der Waals surface area contributed by atoms with Gasteiger partial charge in [0.2, 0.25) is 5.91 Å². The van der Waals surface area contributed by atoms with Crippen molar-refractivity contribution in [3.63, 3.8) is 0 Å². The molecule has 6 nitrogen and oxygen atoms in total. The molecule has 1 aliphatic rings. The zero-order valence-corrected chi connectivity index (χ0v) is 19.2. The number of rotatable bonds is 8. The Morgan fingerprint density at radius 1 is 1.06 bits per heavy atom. The Labute approximate surface area is 192 Å². The minimum Gasteiger partial charge on any atom is -0.325 e. The van der Waals surface area contributed by atoms with E-state index in [4.69, 9.17) is 11.6 Å². The molecular weight excluding hydrogens is 448 g/mol. The van der Waals surface area contributed by atoms with Crippen molar-refractivity contribution in [3.8, 4) is 0 Å².